The molecule has 1 amide bonds. The van der Waals surface area contributed by atoms with Gasteiger partial charge in [0.2, 0.25) is 5.76 Å². The molecule has 1 heterocycles. The van der Waals surface area contributed by atoms with Crippen LogP contribution >= 0.6 is 0 Å². The molecule has 28 heavy (non-hydrogen) atoms. The minimum absolute atomic E-state index is 0.0364. The number of esters is 1. The number of rotatable bonds is 5. The molecule has 0 aliphatic rings. The standard InChI is InChI=1S/C22H20FNO4/c1-13-4-5-14(2)18(12-13)24-21(25)15(3)27-22(26)20-11-10-19(28-20)16-6-8-17(23)9-7-16/h4-12,15H,1-3H3,(H,24,25)/t15-/m1/s1. The fraction of sp³-hybridized carbons (Fsp3) is 0.182. The maximum Gasteiger partial charge on any atom is 0.375 e. The Hall–Kier alpha value is -3.41. The maximum atomic E-state index is 13.0. The number of aryl methyl sites for hydroxylation is 2. The predicted molar refractivity (Wildman–Crippen MR) is 104 cm³/mol. The number of halogens is 1. The second-order valence-corrected chi connectivity index (χ2v) is 6.53. The van der Waals surface area contributed by atoms with Crippen molar-refractivity contribution in [1.82, 2.24) is 0 Å². The van der Waals surface area contributed by atoms with Gasteiger partial charge < -0.3 is 14.5 Å². The number of anilines is 1. The van der Waals surface area contributed by atoms with Crippen molar-refractivity contribution in [2.24, 2.45) is 0 Å². The minimum Gasteiger partial charge on any atom is -0.449 e. The minimum atomic E-state index is -1.01. The van der Waals surface area contributed by atoms with Gasteiger partial charge in [-0.1, -0.05) is 12.1 Å². The Balaban J connectivity index is 1.64. The Labute approximate surface area is 162 Å². The number of ether oxygens (including phenoxy) is 1. The van der Waals surface area contributed by atoms with Crippen molar-refractivity contribution in [3.63, 3.8) is 0 Å². The van der Waals surface area contributed by atoms with Gasteiger partial charge in [-0.25, -0.2) is 9.18 Å². The summed E-state index contributed by atoms with van der Waals surface area (Å²) in [7, 11) is 0. The number of benzene rings is 2. The summed E-state index contributed by atoms with van der Waals surface area (Å²) in [5.74, 6) is -1.19. The molecule has 0 saturated carbocycles. The molecule has 0 aliphatic heterocycles. The van der Waals surface area contributed by atoms with Crippen molar-refractivity contribution < 1.29 is 23.1 Å². The van der Waals surface area contributed by atoms with Crippen molar-refractivity contribution >= 4 is 17.6 Å². The molecule has 0 aliphatic carbocycles. The van der Waals surface area contributed by atoms with Crippen molar-refractivity contribution in [2.45, 2.75) is 26.9 Å². The second kappa shape index (κ2) is 8.08. The molecule has 1 atom stereocenters. The molecule has 0 saturated heterocycles. The molecular formula is C22H20FNO4. The van der Waals surface area contributed by atoms with E-state index in [0.29, 0.717) is 17.0 Å². The third-order valence-corrected chi connectivity index (χ3v) is 4.24. The van der Waals surface area contributed by atoms with E-state index in [4.69, 9.17) is 9.15 Å². The number of amides is 1. The van der Waals surface area contributed by atoms with Crippen molar-refractivity contribution in [2.75, 3.05) is 5.32 Å². The number of hydrogen-bond donors (Lipinski definition) is 1. The van der Waals surface area contributed by atoms with Gasteiger partial charge in [-0.2, -0.15) is 0 Å². The number of nitrogens with one attached hydrogen (secondary N) is 1. The fourth-order valence-electron chi connectivity index (χ4n) is 2.59. The molecule has 0 fully saturated rings. The van der Waals surface area contributed by atoms with Gasteiger partial charge in [0.1, 0.15) is 11.6 Å². The highest BCUT2D eigenvalue weighted by Crippen LogP contribution is 2.23. The third-order valence-electron chi connectivity index (χ3n) is 4.24. The van der Waals surface area contributed by atoms with Crippen LogP contribution in [-0.4, -0.2) is 18.0 Å². The van der Waals surface area contributed by atoms with E-state index in [9.17, 15) is 14.0 Å². The lowest BCUT2D eigenvalue weighted by molar-refractivity contribution is -0.123. The molecule has 6 heteroatoms. The largest absolute Gasteiger partial charge is 0.449 e. The first-order valence-corrected chi connectivity index (χ1v) is 8.78. The average Bonchev–Trinajstić information content (AvgIpc) is 3.15. The first kappa shape index (κ1) is 19.4. The Bertz CT molecular complexity index is 1010. The SMILES string of the molecule is Cc1ccc(C)c(NC(=O)[C@@H](C)OC(=O)c2ccc(-c3ccc(F)cc3)o2)c1. The molecule has 3 aromatic rings. The lowest BCUT2D eigenvalue weighted by Gasteiger charge is -2.14. The van der Waals surface area contributed by atoms with E-state index in [1.165, 1.54) is 25.1 Å². The fourth-order valence-corrected chi connectivity index (χ4v) is 2.59. The van der Waals surface area contributed by atoms with Crippen molar-refractivity contribution in [3.05, 3.63) is 77.3 Å². The van der Waals surface area contributed by atoms with Gasteiger partial charge >= 0.3 is 5.97 Å². The third kappa shape index (κ3) is 4.46. The molecule has 2 aromatic carbocycles. The summed E-state index contributed by atoms with van der Waals surface area (Å²) in [4.78, 5) is 24.6. The smallest absolute Gasteiger partial charge is 0.375 e. The lowest BCUT2D eigenvalue weighted by Crippen LogP contribution is -2.30. The van der Waals surface area contributed by atoms with Crippen LogP contribution in [0.4, 0.5) is 10.1 Å². The van der Waals surface area contributed by atoms with Gasteiger partial charge in [-0.3, -0.25) is 4.79 Å². The zero-order valence-corrected chi connectivity index (χ0v) is 15.8. The number of hydrogen-bond acceptors (Lipinski definition) is 4. The molecule has 144 valence electrons. The Morgan fingerprint density at radius 2 is 1.75 bits per heavy atom. The summed E-state index contributed by atoms with van der Waals surface area (Å²) >= 11 is 0. The summed E-state index contributed by atoms with van der Waals surface area (Å²) in [5.41, 5.74) is 3.22. The van der Waals surface area contributed by atoms with Crippen molar-refractivity contribution in [3.8, 4) is 11.3 Å². The number of furan rings is 1. The average molecular weight is 381 g/mol. The maximum absolute atomic E-state index is 13.0. The summed E-state index contributed by atoms with van der Waals surface area (Å²) in [5, 5.41) is 2.76. The van der Waals surface area contributed by atoms with Crippen LogP contribution in [0.2, 0.25) is 0 Å². The van der Waals surface area contributed by atoms with E-state index >= 15 is 0 Å². The van der Waals surface area contributed by atoms with E-state index < -0.39 is 18.0 Å². The van der Waals surface area contributed by atoms with Crippen LogP contribution in [-0.2, 0) is 9.53 Å². The Morgan fingerprint density at radius 3 is 2.46 bits per heavy atom. The van der Waals surface area contributed by atoms with Gasteiger partial charge in [0.25, 0.3) is 5.91 Å². The topological polar surface area (TPSA) is 68.5 Å². The van der Waals surface area contributed by atoms with Crippen LogP contribution < -0.4 is 5.32 Å². The molecule has 0 radical (unpaired) electrons. The summed E-state index contributed by atoms with van der Waals surface area (Å²) in [6.07, 6.45) is -1.01. The quantitative estimate of drug-likeness (QED) is 0.639. The summed E-state index contributed by atoms with van der Waals surface area (Å²) < 4.78 is 23.7. The van der Waals surface area contributed by atoms with Crippen LogP contribution in [0, 0.1) is 19.7 Å². The molecule has 0 bridgehead atoms. The monoisotopic (exact) mass is 381 g/mol. The summed E-state index contributed by atoms with van der Waals surface area (Å²) in [6.45, 7) is 5.29. The lowest BCUT2D eigenvalue weighted by atomic mass is 10.1. The molecule has 1 N–H and O–H groups in total. The molecule has 0 unspecified atom stereocenters. The Kier molecular flexibility index (Phi) is 5.59. The highest BCUT2D eigenvalue weighted by atomic mass is 19.1. The van der Waals surface area contributed by atoms with Crippen LogP contribution in [0.15, 0.2) is 59.0 Å². The number of carbonyl (C=O) groups excluding carboxylic acids is 2. The van der Waals surface area contributed by atoms with Crippen LogP contribution in [0.25, 0.3) is 11.3 Å². The molecule has 5 nitrogen and oxygen atoms in total. The first-order valence-electron chi connectivity index (χ1n) is 8.78. The van der Waals surface area contributed by atoms with Gasteiger partial charge in [-0.05, 0) is 74.4 Å². The molecule has 3 rings (SSSR count). The van der Waals surface area contributed by atoms with Crippen LogP contribution in [0.5, 0.6) is 0 Å². The molecular weight excluding hydrogens is 361 g/mol. The van der Waals surface area contributed by atoms with Crippen molar-refractivity contribution in [1.29, 1.82) is 0 Å². The first-order chi connectivity index (χ1) is 13.3. The zero-order chi connectivity index (χ0) is 20.3. The summed E-state index contributed by atoms with van der Waals surface area (Å²) in [6, 6.07) is 14.4. The van der Waals surface area contributed by atoms with Gasteiger partial charge in [-0.15, -0.1) is 0 Å². The van der Waals surface area contributed by atoms with E-state index in [1.807, 2.05) is 32.0 Å². The van der Waals surface area contributed by atoms with Gasteiger partial charge in [0.15, 0.2) is 6.10 Å². The van der Waals surface area contributed by atoms with Crippen LogP contribution in [0.3, 0.4) is 0 Å². The van der Waals surface area contributed by atoms with Gasteiger partial charge in [0.05, 0.1) is 0 Å². The van der Waals surface area contributed by atoms with E-state index in [0.717, 1.165) is 11.1 Å². The predicted octanol–water partition coefficient (Wildman–Crippen LogP) is 4.89. The normalized spacial score (nSPS) is 11.7. The van der Waals surface area contributed by atoms with E-state index in [-0.39, 0.29) is 11.6 Å². The van der Waals surface area contributed by atoms with E-state index in [1.54, 1.807) is 18.2 Å². The second-order valence-electron chi connectivity index (χ2n) is 6.53. The molecule has 1 aromatic heterocycles. The number of carbonyl (C=O) groups is 2. The highest BCUT2D eigenvalue weighted by molar-refractivity contribution is 5.97. The van der Waals surface area contributed by atoms with Gasteiger partial charge in [0, 0.05) is 11.3 Å². The zero-order valence-electron chi connectivity index (χ0n) is 15.8. The molecule has 0 spiro atoms. The van der Waals surface area contributed by atoms with Crippen LogP contribution in [0.1, 0.15) is 28.6 Å². The Morgan fingerprint density at radius 1 is 1.04 bits per heavy atom. The highest BCUT2D eigenvalue weighted by Gasteiger charge is 2.22. The van der Waals surface area contributed by atoms with E-state index in [2.05, 4.69) is 5.32 Å².